The molecule has 1 fully saturated rings. The van der Waals surface area contributed by atoms with E-state index in [2.05, 4.69) is 10.5 Å². The van der Waals surface area contributed by atoms with Gasteiger partial charge in [0.15, 0.2) is 11.6 Å². The topological polar surface area (TPSA) is 67.8 Å². The molecule has 0 atom stereocenters. The summed E-state index contributed by atoms with van der Waals surface area (Å²) in [5.41, 5.74) is 4.15. The van der Waals surface area contributed by atoms with Crippen LogP contribution in [-0.2, 0) is 9.53 Å². The third kappa shape index (κ3) is 3.51. The van der Waals surface area contributed by atoms with Crippen LogP contribution in [0.5, 0.6) is 0 Å². The zero-order valence-electron chi connectivity index (χ0n) is 11.9. The summed E-state index contributed by atoms with van der Waals surface area (Å²) < 4.78 is 5.55. The fourth-order valence-corrected chi connectivity index (χ4v) is 1.89. The number of anilines is 1. The zero-order valence-corrected chi connectivity index (χ0v) is 11.9. The molecule has 5 heteroatoms. The van der Waals surface area contributed by atoms with Crippen molar-refractivity contribution < 1.29 is 14.3 Å². The van der Waals surface area contributed by atoms with Gasteiger partial charge in [0.25, 0.3) is 0 Å². The first kappa shape index (κ1) is 14.4. The molecule has 1 saturated heterocycles. The number of hydrogen-bond acceptors (Lipinski definition) is 5. The number of carbonyl (C=O) groups excluding carboxylic acids is 2. The van der Waals surface area contributed by atoms with Gasteiger partial charge in [0, 0.05) is 12.0 Å². The maximum absolute atomic E-state index is 11.9. The van der Waals surface area contributed by atoms with Gasteiger partial charge in [0.05, 0.1) is 17.9 Å². The molecule has 0 aromatic heterocycles. The molecule has 0 saturated carbocycles. The number of carbonyl (C=O) groups is 2. The van der Waals surface area contributed by atoms with Crippen LogP contribution < -0.4 is 5.43 Å². The van der Waals surface area contributed by atoms with E-state index in [4.69, 9.17) is 4.74 Å². The van der Waals surface area contributed by atoms with Gasteiger partial charge in [-0.2, -0.15) is 5.10 Å². The average molecular weight is 274 g/mol. The van der Waals surface area contributed by atoms with Crippen LogP contribution >= 0.6 is 0 Å². The van der Waals surface area contributed by atoms with E-state index in [1.54, 1.807) is 24.3 Å². The standard InChI is InChI=1S/C15H18N2O3/c1-10(18)11-4-6-12(7-5-11)16-17-13-9-20-15(2,3)8-14(13)19/h4-7,16H,8-9H2,1-3H3/b17-13+. The van der Waals surface area contributed by atoms with E-state index in [9.17, 15) is 9.59 Å². The van der Waals surface area contributed by atoms with Crippen molar-refractivity contribution in [1.29, 1.82) is 0 Å². The highest BCUT2D eigenvalue weighted by Gasteiger charge is 2.31. The van der Waals surface area contributed by atoms with Crippen molar-refractivity contribution >= 4 is 23.0 Å². The van der Waals surface area contributed by atoms with Crippen LogP contribution in [0.1, 0.15) is 37.6 Å². The number of nitrogens with one attached hydrogen (secondary N) is 1. The lowest BCUT2D eigenvalue weighted by molar-refractivity contribution is -0.122. The number of hydrogen-bond donors (Lipinski definition) is 1. The fourth-order valence-electron chi connectivity index (χ4n) is 1.89. The Hall–Kier alpha value is -2.01. The van der Waals surface area contributed by atoms with Crippen LogP contribution in [0.3, 0.4) is 0 Å². The number of nitrogens with zero attached hydrogens (tertiary/aromatic N) is 1. The highest BCUT2D eigenvalue weighted by molar-refractivity contribution is 6.41. The molecule has 1 aliphatic rings. The summed E-state index contributed by atoms with van der Waals surface area (Å²) >= 11 is 0. The molecule has 1 aliphatic heterocycles. The largest absolute Gasteiger partial charge is 0.369 e. The highest BCUT2D eigenvalue weighted by atomic mass is 16.5. The van der Waals surface area contributed by atoms with E-state index in [1.807, 2.05) is 13.8 Å². The van der Waals surface area contributed by atoms with E-state index >= 15 is 0 Å². The van der Waals surface area contributed by atoms with Gasteiger partial charge in [0.2, 0.25) is 0 Å². The van der Waals surface area contributed by atoms with E-state index in [0.717, 1.165) is 5.69 Å². The molecule has 2 rings (SSSR count). The molecular weight excluding hydrogens is 256 g/mol. The molecule has 0 amide bonds. The van der Waals surface area contributed by atoms with Crippen molar-refractivity contribution in [3.8, 4) is 0 Å². The Morgan fingerprint density at radius 1 is 1.30 bits per heavy atom. The quantitative estimate of drug-likeness (QED) is 0.679. The number of rotatable bonds is 3. The summed E-state index contributed by atoms with van der Waals surface area (Å²) in [6, 6.07) is 6.93. The summed E-state index contributed by atoms with van der Waals surface area (Å²) in [6.07, 6.45) is 0.330. The van der Waals surface area contributed by atoms with Crippen molar-refractivity contribution in [2.45, 2.75) is 32.8 Å². The number of ether oxygens (including phenoxy) is 1. The Morgan fingerprint density at radius 2 is 1.95 bits per heavy atom. The third-order valence-corrected chi connectivity index (χ3v) is 3.12. The second-order valence-corrected chi connectivity index (χ2v) is 5.45. The van der Waals surface area contributed by atoms with Crippen LogP contribution in [0.4, 0.5) is 5.69 Å². The van der Waals surface area contributed by atoms with Crippen molar-refractivity contribution in [1.82, 2.24) is 0 Å². The van der Waals surface area contributed by atoms with Gasteiger partial charge in [-0.25, -0.2) is 0 Å². The van der Waals surface area contributed by atoms with E-state index < -0.39 is 5.60 Å². The van der Waals surface area contributed by atoms with Crippen molar-refractivity contribution in [2.75, 3.05) is 12.0 Å². The van der Waals surface area contributed by atoms with E-state index in [1.165, 1.54) is 6.92 Å². The van der Waals surface area contributed by atoms with Gasteiger partial charge < -0.3 is 4.74 Å². The summed E-state index contributed by atoms with van der Waals surface area (Å²) in [4.78, 5) is 23.0. The summed E-state index contributed by atoms with van der Waals surface area (Å²) in [5, 5.41) is 4.08. The van der Waals surface area contributed by atoms with E-state index in [-0.39, 0.29) is 18.2 Å². The predicted octanol–water partition coefficient (Wildman–Crippen LogP) is 2.43. The minimum atomic E-state index is -0.417. The molecule has 0 bridgehead atoms. The Kier molecular flexibility index (Phi) is 3.99. The molecule has 0 aliphatic carbocycles. The second kappa shape index (κ2) is 5.54. The van der Waals surface area contributed by atoms with Crippen LogP contribution in [0, 0.1) is 0 Å². The predicted molar refractivity (Wildman–Crippen MR) is 77.2 cm³/mol. The molecule has 106 valence electrons. The summed E-state index contributed by atoms with van der Waals surface area (Å²) in [7, 11) is 0. The minimum Gasteiger partial charge on any atom is -0.369 e. The zero-order chi connectivity index (χ0) is 14.8. The van der Waals surface area contributed by atoms with Crippen molar-refractivity contribution in [3.63, 3.8) is 0 Å². The normalized spacial score (nSPS) is 19.9. The lowest BCUT2D eigenvalue weighted by atomic mass is 9.96. The number of Topliss-reactive ketones (excluding diaryl/α,β-unsaturated/α-hetero) is 2. The molecular formula is C15H18N2O3. The van der Waals surface area contributed by atoms with Crippen LogP contribution in [0.2, 0.25) is 0 Å². The first-order valence-corrected chi connectivity index (χ1v) is 6.48. The molecule has 1 heterocycles. The molecule has 0 spiro atoms. The lowest BCUT2D eigenvalue weighted by Gasteiger charge is -2.29. The van der Waals surface area contributed by atoms with Gasteiger partial charge in [-0.15, -0.1) is 0 Å². The first-order chi connectivity index (χ1) is 9.37. The van der Waals surface area contributed by atoms with Gasteiger partial charge in [-0.05, 0) is 45.0 Å². The molecule has 20 heavy (non-hydrogen) atoms. The Balaban J connectivity index is 2.02. The molecule has 1 aromatic carbocycles. The Bertz CT molecular complexity index is 559. The maximum atomic E-state index is 11.9. The number of benzene rings is 1. The first-order valence-electron chi connectivity index (χ1n) is 6.48. The minimum absolute atomic E-state index is 0.00546. The van der Waals surface area contributed by atoms with Gasteiger partial charge in [-0.1, -0.05) is 0 Å². The average Bonchev–Trinajstić information content (AvgIpc) is 2.37. The molecule has 5 nitrogen and oxygen atoms in total. The van der Waals surface area contributed by atoms with Crippen molar-refractivity contribution in [3.05, 3.63) is 29.8 Å². The van der Waals surface area contributed by atoms with Gasteiger partial charge >= 0.3 is 0 Å². The monoisotopic (exact) mass is 274 g/mol. The second-order valence-electron chi connectivity index (χ2n) is 5.45. The number of ketones is 2. The summed E-state index contributed by atoms with van der Waals surface area (Å²) in [5.74, 6) is 0.00931. The fraction of sp³-hybridized carbons (Fsp3) is 0.400. The Labute approximate surface area is 118 Å². The number of hydrazone groups is 1. The smallest absolute Gasteiger partial charge is 0.184 e. The lowest BCUT2D eigenvalue weighted by Crippen LogP contribution is -2.40. The molecule has 1 aromatic rings. The SMILES string of the molecule is CC(=O)c1ccc(N/N=C2\COC(C)(C)CC2=O)cc1. The Morgan fingerprint density at radius 3 is 2.50 bits per heavy atom. The van der Waals surface area contributed by atoms with Crippen LogP contribution in [0.25, 0.3) is 0 Å². The molecule has 0 unspecified atom stereocenters. The van der Waals surface area contributed by atoms with Crippen LogP contribution in [-0.4, -0.2) is 29.5 Å². The third-order valence-electron chi connectivity index (χ3n) is 3.12. The highest BCUT2D eigenvalue weighted by Crippen LogP contribution is 2.20. The van der Waals surface area contributed by atoms with Gasteiger partial charge in [-0.3, -0.25) is 15.0 Å². The van der Waals surface area contributed by atoms with Gasteiger partial charge in [0.1, 0.15) is 5.71 Å². The maximum Gasteiger partial charge on any atom is 0.184 e. The summed E-state index contributed by atoms with van der Waals surface area (Å²) in [6.45, 7) is 5.50. The van der Waals surface area contributed by atoms with Crippen molar-refractivity contribution in [2.24, 2.45) is 5.10 Å². The van der Waals surface area contributed by atoms with Crippen LogP contribution in [0.15, 0.2) is 29.4 Å². The molecule has 0 radical (unpaired) electrons. The molecule has 1 N–H and O–H groups in total. The van der Waals surface area contributed by atoms with E-state index in [0.29, 0.717) is 17.7 Å².